The van der Waals surface area contributed by atoms with Crippen molar-refractivity contribution in [1.82, 2.24) is 9.97 Å². The molecule has 29 heavy (non-hydrogen) atoms. The molecule has 0 spiro atoms. The van der Waals surface area contributed by atoms with E-state index >= 15 is 0 Å². The van der Waals surface area contributed by atoms with Crippen molar-refractivity contribution in [3.05, 3.63) is 47.4 Å². The molecule has 1 aromatic heterocycles. The molecule has 7 nitrogen and oxygen atoms in total. The van der Waals surface area contributed by atoms with Crippen LogP contribution in [0.15, 0.2) is 41.7 Å². The Morgan fingerprint density at radius 2 is 2.21 bits per heavy atom. The van der Waals surface area contributed by atoms with Gasteiger partial charge in [0.05, 0.1) is 22.0 Å². The summed E-state index contributed by atoms with van der Waals surface area (Å²) in [4.78, 5) is 21.1. The van der Waals surface area contributed by atoms with E-state index in [4.69, 9.17) is 11.6 Å². The van der Waals surface area contributed by atoms with Crippen LogP contribution in [0, 0.1) is 5.92 Å². The molecule has 1 saturated heterocycles. The van der Waals surface area contributed by atoms with Crippen molar-refractivity contribution in [2.75, 3.05) is 23.1 Å². The summed E-state index contributed by atoms with van der Waals surface area (Å²) in [5.41, 5.74) is 0.611. The van der Waals surface area contributed by atoms with E-state index in [0.717, 1.165) is 19.1 Å². The summed E-state index contributed by atoms with van der Waals surface area (Å²) in [6.45, 7) is 0. The fourth-order valence-electron chi connectivity index (χ4n) is 3.49. The van der Waals surface area contributed by atoms with E-state index in [1.54, 1.807) is 6.07 Å². The molecular formula is C19H22ClN3O4S2. The Morgan fingerprint density at radius 3 is 2.83 bits per heavy atom. The molecule has 0 saturated carbocycles. The number of halogens is 1. The van der Waals surface area contributed by atoms with E-state index in [2.05, 4.69) is 15.3 Å². The molecule has 3 atom stereocenters. The average molecular weight is 456 g/mol. The first-order chi connectivity index (χ1) is 13.7. The van der Waals surface area contributed by atoms with Crippen LogP contribution in [-0.2, 0) is 25.8 Å². The Morgan fingerprint density at radius 1 is 1.41 bits per heavy atom. The van der Waals surface area contributed by atoms with Gasteiger partial charge in [-0.2, -0.15) is 0 Å². The monoisotopic (exact) mass is 455 g/mol. The topological polar surface area (TPSA) is 112 Å². The van der Waals surface area contributed by atoms with Crippen molar-refractivity contribution < 1.29 is 17.8 Å². The highest BCUT2D eigenvalue weighted by Crippen LogP contribution is 2.33. The second-order valence-corrected chi connectivity index (χ2v) is 11.2. The van der Waals surface area contributed by atoms with Gasteiger partial charge in [-0.25, -0.2) is 13.4 Å². The largest absolute Gasteiger partial charge is 0.616 e. The number of aromatic nitrogens is 2. The van der Waals surface area contributed by atoms with Crippen molar-refractivity contribution >= 4 is 44.3 Å². The Bertz CT molecular complexity index is 973. The van der Waals surface area contributed by atoms with Gasteiger partial charge in [0.2, 0.25) is 5.91 Å². The number of nitrogens with zero attached hydrogens (tertiary/aromatic N) is 2. The molecule has 1 aromatic carbocycles. The van der Waals surface area contributed by atoms with Crippen LogP contribution >= 0.6 is 11.6 Å². The summed E-state index contributed by atoms with van der Waals surface area (Å²) >= 11 is 5.33. The van der Waals surface area contributed by atoms with Crippen LogP contribution in [0.4, 0.5) is 5.82 Å². The van der Waals surface area contributed by atoms with Gasteiger partial charge in [-0.3, -0.25) is 9.78 Å². The molecule has 1 aliphatic rings. The highest BCUT2D eigenvalue weighted by Gasteiger charge is 2.31. The minimum atomic E-state index is -3.47. The number of sulfone groups is 1. The minimum absolute atomic E-state index is 0.0229. The molecule has 1 aliphatic heterocycles. The first-order valence-electron chi connectivity index (χ1n) is 9.15. The van der Waals surface area contributed by atoms with Crippen LogP contribution in [0.25, 0.3) is 0 Å². The third-order valence-electron chi connectivity index (χ3n) is 4.86. The maximum atomic E-state index is 13.0. The van der Waals surface area contributed by atoms with Gasteiger partial charge in [0, 0.05) is 24.6 Å². The van der Waals surface area contributed by atoms with Gasteiger partial charge in [0.25, 0.3) is 0 Å². The van der Waals surface area contributed by atoms with Crippen LogP contribution in [0.5, 0.6) is 0 Å². The number of hydrogen-bond acceptors (Lipinski definition) is 6. The number of amides is 1. The number of nitrogens with one attached hydrogen (secondary N) is 1. The van der Waals surface area contributed by atoms with Gasteiger partial charge >= 0.3 is 0 Å². The first-order valence-corrected chi connectivity index (χ1v) is 12.9. The molecular weight excluding hydrogens is 434 g/mol. The van der Waals surface area contributed by atoms with Crippen LogP contribution in [0.2, 0.25) is 5.02 Å². The van der Waals surface area contributed by atoms with E-state index < -0.39 is 26.9 Å². The van der Waals surface area contributed by atoms with E-state index in [9.17, 15) is 17.8 Å². The molecule has 0 radical (unpaired) electrons. The van der Waals surface area contributed by atoms with Crippen LogP contribution in [0.3, 0.4) is 0 Å². The summed E-state index contributed by atoms with van der Waals surface area (Å²) in [5, 5.41) is 2.83. The average Bonchev–Trinajstić information content (AvgIpc) is 2.66. The van der Waals surface area contributed by atoms with Crippen LogP contribution in [0.1, 0.15) is 30.7 Å². The lowest BCUT2D eigenvalue weighted by atomic mass is 9.86. The number of benzene rings is 1. The lowest BCUT2D eigenvalue weighted by Crippen LogP contribution is -2.30. The smallest absolute Gasteiger partial charge is 0.233 e. The quantitative estimate of drug-likeness (QED) is 0.670. The standard InChI is InChI=1S/C19H22ClN3O4S2/c1-29(26,27)17-5-4-14(10-16(17)20)15(9-13-3-2-8-28(25)12-13)19(24)23-18-11-21-6-7-22-18/h4-7,10-11,13,15H,2-3,8-9,12H2,1H3,(H,22,23,24)/t13-,15?,28?/m1/s1. The molecule has 2 heterocycles. The SMILES string of the molecule is CS(=O)(=O)c1ccc(C(C[C@H]2CCC[S+]([O-])C2)C(=O)Nc2cnccn2)cc1Cl. The molecule has 156 valence electrons. The lowest BCUT2D eigenvalue weighted by Gasteiger charge is -2.27. The van der Waals surface area contributed by atoms with Gasteiger partial charge < -0.3 is 9.87 Å². The van der Waals surface area contributed by atoms with Crippen LogP contribution in [-0.4, -0.2) is 46.6 Å². The van der Waals surface area contributed by atoms with E-state index in [-0.39, 0.29) is 21.7 Å². The van der Waals surface area contributed by atoms with Crippen molar-refractivity contribution in [1.29, 1.82) is 0 Å². The Balaban J connectivity index is 1.89. The van der Waals surface area contributed by atoms with E-state index in [1.165, 1.54) is 30.7 Å². The maximum Gasteiger partial charge on any atom is 0.233 e. The molecule has 1 fully saturated rings. The lowest BCUT2D eigenvalue weighted by molar-refractivity contribution is -0.118. The zero-order valence-electron chi connectivity index (χ0n) is 15.9. The molecule has 3 rings (SSSR count). The Labute approximate surface area is 178 Å². The predicted octanol–water partition coefficient (Wildman–Crippen LogP) is 2.80. The summed E-state index contributed by atoms with van der Waals surface area (Å²) in [7, 11) is -3.47. The van der Waals surface area contributed by atoms with Crippen molar-refractivity contribution in [2.24, 2.45) is 5.92 Å². The molecule has 1 N–H and O–H groups in total. The zero-order valence-corrected chi connectivity index (χ0v) is 18.3. The van der Waals surface area contributed by atoms with Gasteiger partial charge in [-0.05, 0) is 37.0 Å². The first kappa shape index (κ1) is 22.0. The minimum Gasteiger partial charge on any atom is -0.616 e. The zero-order chi connectivity index (χ0) is 21.0. The number of rotatable bonds is 6. The Kier molecular flexibility index (Phi) is 7.15. The fraction of sp³-hybridized carbons (Fsp3) is 0.421. The van der Waals surface area contributed by atoms with Crippen LogP contribution < -0.4 is 5.32 Å². The predicted molar refractivity (Wildman–Crippen MR) is 113 cm³/mol. The van der Waals surface area contributed by atoms with Gasteiger partial charge in [-0.15, -0.1) is 0 Å². The van der Waals surface area contributed by atoms with E-state index in [1.807, 2.05) is 0 Å². The highest BCUT2D eigenvalue weighted by molar-refractivity contribution is 7.91. The second kappa shape index (κ2) is 9.42. The normalized spacial score (nSPS) is 20.8. The molecule has 2 unspecified atom stereocenters. The van der Waals surface area contributed by atoms with E-state index in [0.29, 0.717) is 29.3 Å². The van der Waals surface area contributed by atoms with Gasteiger partial charge in [0.15, 0.2) is 15.7 Å². The number of carbonyl (C=O) groups excluding carboxylic acids is 1. The molecule has 0 bridgehead atoms. The van der Waals surface area contributed by atoms with Gasteiger partial charge in [0.1, 0.15) is 11.5 Å². The second-order valence-electron chi connectivity index (χ2n) is 7.15. The third-order valence-corrected chi connectivity index (χ3v) is 8.03. The van der Waals surface area contributed by atoms with Crippen molar-refractivity contribution in [3.8, 4) is 0 Å². The third kappa shape index (κ3) is 5.91. The highest BCUT2D eigenvalue weighted by atomic mass is 35.5. The molecule has 2 aromatic rings. The number of hydrogen-bond donors (Lipinski definition) is 1. The summed E-state index contributed by atoms with van der Waals surface area (Å²) in [6, 6.07) is 4.57. The number of carbonyl (C=O) groups is 1. The fourth-order valence-corrected chi connectivity index (χ4v) is 6.31. The summed E-state index contributed by atoms with van der Waals surface area (Å²) in [5.74, 6) is 0.851. The summed E-state index contributed by atoms with van der Waals surface area (Å²) in [6.07, 6.45) is 7.78. The maximum absolute atomic E-state index is 13.0. The van der Waals surface area contributed by atoms with Gasteiger partial charge in [-0.1, -0.05) is 28.8 Å². The molecule has 10 heteroatoms. The molecule has 0 aliphatic carbocycles. The van der Waals surface area contributed by atoms with Crippen molar-refractivity contribution in [2.45, 2.75) is 30.1 Å². The number of anilines is 1. The Hall–Kier alpha value is -1.68. The van der Waals surface area contributed by atoms with Crippen molar-refractivity contribution in [3.63, 3.8) is 0 Å². The summed E-state index contributed by atoms with van der Waals surface area (Å²) < 4.78 is 35.7. The molecule has 1 amide bonds.